The highest BCUT2D eigenvalue weighted by Crippen LogP contribution is 2.21. The van der Waals surface area contributed by atoms with Crippen LogP contribution in [-0.2, 0) is 4.74 Å². The second kappa shape index (κ2) is 6.93. The van der Waals surface area contributed by atoms with Gasteiger partial charge in [-0.2, -0.15) is 0 Å². The lowest BCUT2D eigenvalue weighted by atomic mass is 10.1. The second-order valence-electron chi connectivity index (χ2n) is 4.91. The first-order chi connectivity index (χ1) is 10.6. The number of nitrogens with two attached hydrogens (primary N) is 1. The Balaban J connectivity index is 2.27. The molecule has 5 nitrogen and oxygen atoms in total. The summed E-state index contributed by atoms with van der Waals surface area (Å²) in [6.45, 7) is 6.22. The molecule has 0 radical (unpaired) electrons. The summed E-state index contributed by atoms with van der Waals surface area (Å²) < 4.78 is 5.15. The number of methoxy groups -OCH3 is 1. The molecule has 5 heteroatoms. The van der Waals surface area contributed by atoms with Crippen LogP contribution >= 0.6 is 0 Å². The van der Waals surface area contributed by atoms with Gasteiger partial charge in [-0.15, -0.1) is 0 Å². The average Bonchev–Trinajstić information content (AvgIpc) is 2.52. The van der Waals surface area contributed by atoms with Gasteiger partial charge in [0.2, 0.25) is 0 Å². The number of hydrogen-bond acceptors (Lipinski definition) is 5. The van der Waals surface area contributed by atoms with Crippen molar-refractivity contribution in [2.24, 2.45) is 10.7 Å². The lowest BCUT2D eigenvalue weighted by Gasteiger charge is -2.20. The quantitative estimate of drug-likeness (QED) is 0.821. The van der Waals surface area contributed by atoms with Crippen LogP contribution in [0.25, 0.3) is 0 Å². The van der Waals surface area contributed by atoms with Crippen LogP contribution in [0.2, 0.25) is 0 Å². The van der Waals surface area contributed by atoms with E-state index in [0.717, 1.165) is 18.8 Å². The summed E-state index contributed by atoms with van der Waals surface area (Å²) in [5, 5.41) is 7.75. The van der Waals surface area contributed by atoms with Crippen molar-refractivity contribution in [3.63, 3.8) is 0 Å². The second-order valence-corrected chi connectivity index (χ2v) is 4.91. The van der Waals surface area contributed by atoms with Crippen molar-refractivity contribution in [3.05, 3.63) is 47.9 Å². The maximum atomic E-state index is 7.75. The highest BCUT2D eigenvalue weighted by molar-refractivity contribution is 6.22. The molecular formula is C17H22N4O. The Morgan fingerprint density at radius 1 is 1.14 bits per heavy atom. The lowest BCUT2D eigenvalue weighted by Crippen LogP contribution is -2.21. The zero-order valence-corrected chi connectivity index (χ0v) is 13.3. The summed E-state index contributed by atoms with van der Waals surface area (Å²) in [5.74, 6) is 0.465. The minimum absolute atomic E-state index is 0.260. The highest BCUT2D eigenvalue weighted by atomic mass is 16.5. The minimum Gasteiger partial charge on any atom is -0.494 e. The van der Waals surface area contributed by atoms with Crippen LogP contribution in [0.4, 0.5) is 11.4 Å². The van der Waals surface area contributed by atoms with E-state index in [0.29, 0.717) is 17.2 Å². The summed E-state index contributed by atoms with van der Waals surface area (Å²) in [6.07, 6.45) is 3.25. The summed E-state index contributed by atoms with van der Waals surface area (Å²) in [4.78, 5) is 6.81. The van der Waals surface area contributed by atoms with Gasteiger partial charge in [0, 0.05) is 24.9 Å². The molecule has 0 aliphatic heterocycles. The van der Waals surface area contributed by atoms with E-state index < -0.39 is 0 Å². The Labute approximate surface area is 131 Å². The first kappa shape index (κ1) is 15.8. The maximum absolute atomic E-state index is 7.75. The molecule has 116 valence electrons. The Kier molecular flexibility index (Phi) is 4.99. The smallest absolute Gasteiger partial charge is 0.146 e. The van der Waals surface area contributed by atoms with Gasteiger partial charge in [0.25, 0.3) is 0 Å². The largest absolute Gasteiger partial charge is 0.494 e. The summed E-state index contributed by atoms with van der Waals surface area (Å²) in [6, 6.07) is 8.04. The molecule has 3 N–H and O–H groups in total. The first-order valence-corrected chi connectivity index (χ1v) is 7.34. The van der Waals surface area contributed by atoms with E-state index in [-0.39, 0.29) is 5.71 Å². The van der Waals surface area contributed by atoms with E-state index in [9.17, 15) is 0 Å². The lowest BCUT2D eigenvalue weighted by molar-refractivity contribution is 0.315. The number of ether oxygens (including phenoxy) is 1. The third-order valence-corrected chi connectivity index (χ3v) is 3.58. The van der Waals surface area contributed by atoms with E-state index in [1.165, 1.54) is 12.8 Å². The topological polar surface area (TPSA) is 74.7 Å². The van der Waals surface area contributed by atoms with Crippen LogP contribution in [0.5, 0.6) is 0 Å². The number of benzene rings is 1. The van der Waals surface area contributed by atoms with Gasteiger partial charge >= 0.3 is 0 Å². The molecule has 1 aromatic rings. The fraction of sp³-hybridized carbons (Fsp3) is 0.294. The molecule has 2 rings (SSSR count). The van der Waals surface area contributed by atoms with E-state index in [2.05, 4.69) is 35.9 Å². The van der Waals surface area contributed by atoms with Gasteiger partial charge in [0.05, 0.1) is 29.9 Å². The number of rotatable bonds is 5. The van der Waals surface area contributed by atoms with Crippen LogP contribution in [0, 0.1) is 5.41 Å². The van der Waals surface area contributed by atoms with E-state index in [4.69, 9.17) is 15.9 Å². The molecule has 0 fully saturated rings. The van der Waals surface area contributed by atoms with Crippen molar-refractivity contribution in [3.8, 4) is 0 Å². The first-order valence-electron chi connectivity index (χ1n) is 7.34. The minimum atomic E-state index is 0.260. The molecule has 1 aliphatic rings. The summed E-state index contributed by atoms with van der Waals surface area (Å²) in [5.41, 5.74) is 9.28. The van der Waals surface area contributed by atoms with Crippen molar-refractivity contribution in [1.29, 1.82) is 5.41 Å². The van der Waals surface area contributed by atoms with Gasteiger partial charge in [0.15, 0.2) is 0 Å². The Bertz CT molecular complexity index is 637. The fourth-order valence-corrected chi connectivity index (χ4v) is 2.32. The van der Waals surface area contributed by atoms with E-state index in [1.54, 1.807) is 12.2 Å². The highest BCUT2D eigenvalue weighted by Gasteiger charge is 2.14. The van der Waals surface area contributed by atoms with Crippen LogP contribution in [-0.4, -0.2) is 31.6 Å². The van der Waals surface area contributed by atoms with Crippen molar-refractivity contribution >= 4 is 22.8 Å². The maximum Gasteiger partial charge on any atom is 0.146 e. The van der Waals surface area contributed by atoms with Gasteiger partial charge in [-0.1, -0.05) is 0 Å². The van der Waals surface area contributed by atoms with Crippen LogP contribution < -0.4 is 10.6 Å². The number of aliphatic imine (C=N–C) groups is 1. The zero-order valence-electron chi connectivity index (χ0n) is 13.3. The summed E-state index contributed by atoms with van der Waals surface area (Å²) >= 11 is 0. The predicted octanol–water partition coefficient (Wildman–Crippen LogP) is 3.01. The van der Waals surface area contributed by atoms with Crippen molar-refractivity contribution in [2.75, 3.05) is 25.1 Å². The van der Waals surface area contributed by atoms with Gasteiger partial charge < -0.3 is 15.4 Å². The predicted molar refractivity (Wildman–Crippen MR) is 92.2 cm³/mol. The number of anilines is 1. The number of hydrogen-bond donors (Lipinski definition) is 2. The van der Waals surface area contributed by atoms with E-state index in [1.807, 2.05) is 12.1 Å². The number of nitrogens with one attached hydrogen (secondary N) is 1. The van der Waals surface area contributed by atoms with Crippen LogP contribution in [0.1, 0.15) is 13.8 Å². The van der Waals surface area contributed by atoms with Crippen molar-refractivity contribution in [1.82, 2.24) is 0 Å². The van der Waals surface area contributed by atoms with Gasteiger partial charge in [-0.05, 0) is 44.2 Å². The molecule has 0 amide bonds. The number of nitrogens with zero attached hydrogens (tertiary/aromatic N) is 2. The van der Waals surface area contributed by atoms with Crippen LogP contribution in [0.15, 0.2) is 52.9 Å². The third kappa shape index (κ3) is 3.36. The zero-order chi connectivity index (χ0) is 16.1. The Morgan fingerprint density at radius 3 is 2.32 bits per heavy atom. The molecule has 22 heavy (non-hydrogen) atoms. The average molecular weight is 298 g/mol. The van der Waals surface area contributed by atoms with Crippen LogP contribution in [0.3, 0.4) is 0 Å². The third-order valence-electron chi connectivity index (χ3n) is 3.58. The van der Waals surface area contributed by atoms with E-state index >= 15 is 0 Å². The molecule has 1 aliphatic carbocycles. The molecule has 0 heterocycles. The SMILES string of the molecule is CCN(CC)c1ccc(/N=C2/C=C(OC)C(=N)C=C2N)cc1. The van der Waals surface area contributed by atoms with Gasteiger partial charge in [-0.25, -0.2) is 4.99 Å². The van der Waals surface area contributed by atoms with Gasteiger partial charge in [0.1, 0.15) is 5.76 Å². The summed E-state index contributed by atoms with van der Waals surface area (Å²) in [7, 11) is 1.53. The van der Waals surface area contributed by atoms with Gasteiger partial charge in [-0.3, -0.25) is 5.41 Å². The normalized spacial score (nSPS) is 16.3. The molecule has 0 saturated carbocycles. The molecule has 0 saturated heterocycles. The monoisotopic (exact) mass is 298 g/mol. The van der Waals surface area contributed by atoms with Crippen molar-refractivity contribution < 1.29 is 4.74 Å². The molecule has 0 unspecified atom stereocenters. The molecule has 1 aromatic carbocycles. The molecule has 0 atom stereocenters. The van der Waals surface area contributed by atoms with Crippen molar-refractivity contribution in [2.45, 2.75) is 13.8 Å². The molecular weight excluding hydrogens is 276 g/mol. The molecule has 0 spiro atoms. The molecule has 0 bridgehead atoms. The Morgan fingerprint density at radius 2 is 1.77 bits per heavy atom. The number of allylic oxidation sites excluding steroid dienone is 2. The standard InChI is InChI=1S/C17H22N4O/c1-4-21(5-2)13-8-6-12(7-9-13)20-16-11-17(22-3)15(19)10-14(16)18/h6-11,19H,4-5,18H2,1-3H3/b19-15?,20-16-. The molecule has 0 aromatic heterocycles. The Hall–Kier alpha value is -2.56. The fourth-order valence-electron chi connectivity index (χ4n) is 2.32.